The first-order chi connectivity index (χ1) is 24.8. The molecule has 53 heavy (non-hydrogen) atoms. The summed E-state index contributed by atoms with van der Waals surface area (Å²) < 4.78 is 33.4. The minimum Gasteiger partial charge on any atom is -0.543 e. The van der Waals surface area contributed by atoms with Gasteiger partial charge in [0.15, 0.2) is 29.8 Å². The van der Waals surface area contributed by atoms with Gasteiger partial charge < -0.3 is 41.3 Å². The zero-order valence-corrected chi connectivity index (χ0v) is 30.1. The maximum Gasteiger partial charge on any atom is 0.490 e. The van der Waals surface area contributed by atoms with E-state index >= 15 is 0 Å². The Morgan fingerprint density at radius 2 is 1.85 bits per heavy atom. The van der Waals surface area contributed by atoms with Crippen LogP contribution in [-0.4, -0.2) is 96.9 Å². The van der Waals surface area contributed by atoms with Gasteiger partial charge in [-0.15, -0.1) is 23.1 Å². The van der Waals surface area contributed by atoms with Gasteiger partial charge in [-0.05, 0) is 26.3 Å². The molecule has 2 atom stereocenters. The molecule has 4 rings (SSSR count). The number of thiazole rings is 1. The minimum absolute atomic E-state index is 0.00292. The third-order valence-electron chi connectivity index (χ3n) is 7.44. The van der Waals surface area contributed by atoms with Crippen LogP contribution in [-0.2, 0) is 35.4 Å². The van der Waals surface area contributed by atoms with Crippen molar-refractivity contribution in [3.8, 4) is 0 Å². The molecule has 0 radical (unpaired) electrons. The van der Waals surface area contributed by atoms with Crippen LogP contribution < -0.4 is 26.0 Å². The topological polar surface area (TPSA) is 258 Å². The number of fused-ring (bicyclic) bond motifs is 1. The summed E-state index contributed by atoms with van der Waals surface area (Å²) >= 11 is 2.25. The standard InChI is InChI=1S/C29H35N7O8S2.C2HF3O2/c1-4-5-6-7-10-31-22(37)16-9-8-11-35(12-16)13-17-14-45-25-20(24(39)36(25)21(17)26(40)41)33-23(38)19(18-15-46-28(30)32-18)34-44-29(2,3)27(42)43;3-2(4,5)1(6)7/h8-9,11-12,15,20,25H,4-7,10,13-14H2,1-3H3,(H5-,30,31,32,33,37,38,40,41,42,43);(H,6,7)/b34-19-;/t20-,25-;/m1./s1. The number of carboxylic acid groups (broad SMARTS) is 3. The first kappa shape index (κ1) is 42.2. The number of amides is 3. The maximum absolute atomic E-state index is 13.3. The first-order valence-electron chi connectivity index (χ1n) is 15.8. The molecule has 2 aliphatic heterocycles. The van der Waals surface area contributed by atoms with Crippen molar-refractivity contribution in [2.24, 2.45) is 5.16 Å². The number of oxime groups is 1. The number of nitrogens with one attached hydrogen (secondary N) is 2. The lowest BCUT2D eigenvalue weighted by Gasteiger charge is -2.50. The average Bonchev–Trinajstić information content (AvgIpc) is 3.52. The molecule has 0 aromatic carbocycles. The lowest BCUT2D eigenvalue weighted by molar-refractivity contribution is -0.689. The first-order valence-corrected chi connectivity index (χ1v) is 17.7. The second-order valence-electron chi connectivity index (χ2n) is 11.9. The van der Waals surface area contributed by atoms with E-state index in [1.54, 1.807) is 29.1 Å². The van der Waals surface area contributed by atoms with Crippen molar-refractivity contribution in [2.75, 3.05) is 18.0 Å². The lowest BCUT2D eigenvalue weighted by Crippen LogP contribution is -2.71. The van der Waals surface area contributed by atoms with Crippen molar-refractivity contribution in [3.05, 3.63) is 52.4 Å². The van der Waals surface area contributed by atoms with E-state index in [-0.39, 0.29) is 34.7 Å². The molecule has 3 amide bonds. The highest BCUT2D eigenvalue weighted by Crippen LogP contribution is 2.40. The second kappa shape index (κ2) is 18.0. The quantitative estimate of drug-likeness (QED) is 0.0547. The number of nitrogens with two attached hydrogens (primary N) is 1. The Morgan fingerprint density at radius 1 is 1.17 bits per heavy atom. The van der Waals surface area contributed by atoms with Crippen molar-refractivity contribution in [2.45, 2.75) is 76.2 Å². The van der Waals surface area contributed by atoms with Crippen LogP contribution in [0.3, 0.4) is 0 Å². The molecule has 0 bridgehead atoms. The number of hydrogen-bond acceptors (Lipinski definition) is 13. The summed E-state index contributed by atoms with van der Waals surface area (Å²) in [7, 11) is 0. The summed E-state index contributed by atoms with van der Waals surface area (Å²) in [6, 6.07) is 2.22. The molecule has 1 fully saturated rings. The molecule has 4 heterocycles. The van der Waals surface area contributed by atoms with Gasteiger partial charge in [0.05, 0.1) is 11.7 Å². The number of nitrogens with zero attached hydrogens (tertiary/aromatic N) is 4. The van der Waals surface area contributed by atoms with E-state index in [9.17, 15) is 47.4 Å². The van der Waals surface area contributed by atoms with Gasteiger partial charge >= 0.3 is 18.1 Å². The van der Waals surface area contributed by atoms with Gasteiger partial charge in [0, 0.05) is 29.3 Å². The molecule has 288 valence electrons. The van der Waals surface area contributed by atoms with Gasteiger partial charge in [-0.25, -0.2) is 19.1 Å². The van der Waals surface area contributed by atoms with Gasteiger partial charge in [0.1, 0.15) is 22.7 Å². The number of aromatic nitrogens is 2. The molecule has 0 unspecified atom stereocenters. The molecule has 0 spiro atoms. The number of anilines is 1. The number of thioether (sulfide) groups is 1. The zero-order chi connectivity index (χ0) is 39.7. The number of β-lactam (4-membered cyclic amide) rings is 1. The number of carboxylic acids is 3. The Balaban J connectivity index is 0.000000980. The van der Waals surface area contributed by atoms with E-state index in [2.05, 4.69) is 27.7 Å². The number of pyridine rings is 1. The second-order valence-corrected chi connectivity index (χ2v) is 13.9. The monoisotopic (exact) mass is 787 g/mol. The van der Waals surface area contributed by atoms with E-state index in [1.807, 2.05) is 0 Å². The van der Waals surface area contributed by atoms with Crippen molar-refractivity contribution >= 4 is 69.6 Å². The Bertz CT molecular complexity index is 1800. The number of aliphatic carboxylic acids is 3. The van der Waals surface area contributed by atoms with E-state index in [0.717, 1.165) is 41.9 Å². The van der Waals surface area contributed by atoms with E-state index in [0.29, 0.717) is 17.7 Å². The highest BCUT2D eigenvalue weighted by Gasteiger charge is 2.53. The Labute approximate surface area is 308 Å². The number of alkyl halides is 3. The Hall–Kier alpha value is -5.25. The van der Waals surface area contributed by atoms with Crippen LogP contribution >= 0.6 is 23.1 Å². The molecular weight excluding hydrogens is 752 g/mol. The van der Waals surface area contributed by atoms with Crippen LogP contribution in [0.2, 0.25) is 0 Å². The van der Waals surface area contributed by atoms with Crippen molar-refractivity contribution in [3.63, 3.8) is 0 Å². The molecule has 0 saturated carbocycles. The van der Waals surface area contributed by atoms with Crippen LogP contribution in [0.15, 0.2) is 46.3 Å². The smallest absolute Gasteiger partial charge is 0.490 e. The zero-order valence-electron chi connectivity index (χ0n) is 28.5. The van der Waals surface area contributed by atoms with Crippen LogP contribution in [0.25, 0.3) is 0 Å². The molecular formula is C31H36F3N7O10S2. The molecule has 2 aromatic rings. The molecule has 2 aliphatic rings. The van der Waals surface area contributed by atoms with Gasteiger partial charge in [-0.1, -0.05) is 31.3 Å². The lowest BCUT2D eigenvalue weighted by atomic mass is 10.0. The summed E-state index contributed by atoms with van der Waals surface area (Å²) in [6.45, 7) is 5.22. The summed E-state index contributed by atoms with van der Waals surface area (Å²) in [5, 5.41) is 38.7. The normalized spacial score (nSPS) is 17.1. The number of halogens is 3. The molecule has 22 heteroatoms. The summed E-state index contributed by atoms with van der Waals surface area (Å²) in [4.78, 5) is 82.0. The van der Waals surface area contributed by atoms with E-state index < -0.39 is 58.6 Å². The number of carbonyl (C=O) groups is 6. The summed E-state index contributed by atoms with van der Waals surface area (Å²) in [5.74, 6) is -7.27. The van der Waals surface area contributed by atoms with Gasteiger partial charge in [0.2, 0.25) is 5.60 Å². The fourth-order valence-corrected chi connectivity index (χ4v) is 6.52. The van der Waals surface area contributed by atoms with Crippen molar-refractivity contribution < 1.29 is 66.7 Å². The predicted octanol–water partition coefficient (Wildman–Crippen LogP) is 0.644. The van der Waals surface area contributed by atoms with Gasteiger partial charge in [-0.3, -0.25) is 19.3 Å². The minimum atomic E-state index is -5.08. The van der Waals surface area contributed by atoms with Crippen LogP contribution in [0.1, 0.15) is 62.5 Å². The molecule has 2 aromatic heterocycles. The summed E-state index contributed by atoms with van der Waals surface area (Å²) in [6.07, 6.45) is 2.31. The average molecular weight is 788 g/mol. The van der Waals surface area contributed by atoms with Crippen molar-refractivity contribution in [1.29, 1.82) is 0 Å². The molecule has 6 N–H and O–H groups in total. The van der Waals surface area contributed by atoms with Crippen LogP contribution in [0.4, 0.5) is 18.3 Å². The van der Waals surface area contributed by atoms with Crippen LogP contribution in [0.5, 0.6) is 0 Å². The largest absolute Gasteiger partial charge is 0.543 e. The molecule has 1 saturated heterocycles. The van der Waals surface area contributed by atoms with E-state index in [4.69, 9.17) is 20.5 Å². The number of carbonyl (C=O) groups excluding carboxylic acids is 4. The SMILES string of the molecule is CCCCCCNC(=O)c1ccc[n+](CC2=C(C(=O)[O-])N3C(=O)[C@@H](NC(=O)/C(=N\OC(C)(C)C(=O)O)c4csc(N)n4)[C@H]3SC2)c1.O=C(O)C(F)(F)F. The molecule has 0 aliphatic carbocycles. The fraction of sp³-hybridized carbons (Fsp3) is 0.452. The third kappa shape index (κ3) is 11.1. The Morgan fingerprint density at radius 3 is 2.42 bits per heavy atom. The maximum atomic E-state index is 13.3. The van der Waals surface area contributed by atoms with E-state index in [1.165, 1.54) is 31.0 Å². The van der Waals surface area contributed by atoms with Gasteiger partial charge in [-0.2, -0.15) is 13.2 Å². The van der Waals surface area contributed by atoms with Gasteiger partial charge in [0.25, 0.3) is 17.7 Å². The molecule has 17 nitrogen and oxygen atoms in total. The van der Waals surface area contributed by atoms with Crippen LogP contribution in [0, 0.1) is 0 Å². The number of rotatable bonds is 15. The Kier molecular flexibility index (Phi) is 14.3. The summed E-state index contributed by atoms with van der Waals surface area (Å²) in [5.41, 5.74) is 4.01. The highest BCUT2D eigenvalue weighted by molar-refractivity contribution is 8.00. The third-order valence-corrected chi connectivity index (χ3v) is 9.45. The fourth-order valence-electron chi connectivity index (χ4n) is 4.63. The number of hydrogen-bond donors (Lipinski definition) is 5. The number of nitrogen functional groups attached to an aromatic ring is 1. The predicted molar refractivity (Wildman–Crippen MR) is 180 cm³/mol. The number of unbranched alkanes of at least 4 members (excludes halogenated alkanes) is 3. The van der Waals surface area contributed by atoms with Crippen molar-refractivity contribution in [1.82, 2.24) is 20.5 Å². The highest BCUT2D eigenvalue weighted by atomic mass is 32.2.